The van der Waals surface area contributed by atoms with Crippen LogP contribution < -0.4 is 10.9 Å². The Balaban J connectivity index is 1.11. The zero-order chi connectivity index (χ0) is 22.6. The topological polar surface area (TPSA) is 109 Å². The van der Waals surface area contributed by atoms with E-state index in [4.69, 9.17) is 0 Å². The Hall–Kier alpha value is -2.86. The van der Waals surface area contributed by atoms with E-state index in [0.29, 0.717) is 23.6 Å². The number of β-amino-alcohol motifs (C(OH)–C–C–N with tert-alkyl or cyclic N) is 1. The Kier molecular flexibility index (Phi) is 4.94. The molecule has 2 N–H and O–H groups in total. The van der Waals surface area contributed by atoms with E-state index in [1.54, 1.807) is 6.07 Å². The molecule has 0 aliphatic carbocycles. The van der Waals surface area contributed by atoms with Crippen LogP contribution in [0.1, 0.15) is 24.0 Å². The first-order chi connectivity index (χ1) is 16.0. The zero-order valence-electron chi connectivity index (χ0n) is 17.7. The Morgan fingerprint density at radius 3 is 2.91 bits per heavy atom. The van der Waals surface area contributed by atoms with Gasteiger partial charge in [-0.3, -0.25) is 14.7 Å². The number of halogens is 1. The maximum Gasteiger partial charge on any atom is 0.251 e. The predicted molar refractivity (Wildman–Crippen MR) is 121 cm³/mol. The largest absolute Gasteiger partial charge is 0.382 e. The minimum Gasteiger partial charge on any atom is -0.382 e. The third kappa shape index (κ3) is 3.61. The molecule has 1 saturated heterocycles. The fourth-order valence-electron chi connectivity index (χ4n) is 5.06. The van der Waals surface area contributed by atoms with Gasteiger partial charge >= 0.3 is 0 Å². The summed E-state index contributed by atoms with van der Waals surface area (Å²) in [4.78, 5) is 23.8. The monoisotopic (exact) mass is 467 g/mol. The summed E-state index contributed by atoms with van der Waals surface area (Å²) in [6, 6.07) is 5.34. The fraction of sp³-hybridized carbons (Fsp3) is 0.409. The van der Waals surface area contributed by atoms with Crippen molar-refractivity contribution in [3.63, 3.8) is 0 Å². The lowest BCUT2D eigenvalue weighted by Crippen LogP contribution is -2.48. The lowest BCUT2D eigenvalue weighted by atomic mass is 9.93. The number of aliphatic hydroxyl groups is 1. The molecule has 0 radical (unpaired) electrons. The summed E-state index contributed by atoms with van der Waals surface area (Å²) in [6.45, 7) is 2.56. The van der Waals surface area contributed by atoms with E-state index >= 15 is 0 Å². The number of piperidine rings is 1. The number of pyridine rings is 3. The molecule has 0 aromatic carbocycles. The van der Waals surface area contributed by atoms with Crippen LogP contribution in [0.5, 0.6) is 0 Å². The summed E-state index contributed by atoms with van der Waals surface area (Å²) in [6.07, 6.45) is 4.80. The molecule has 6 heterocycles. The van der Waals surface area contributed by atoms with Crippen molar-refractivity contribution in [2.45, 2.75) is 37.6 Å². The number of nitrogens with one attached hydrogen (secondary N) is 1. The summed E-state index contributed by atoms with van der Waals surface area (Å²) in [5, 5.41) is 19.1. The molecule has 4 aromatic rings. The minimum atomic E-state index is -1.46. The van der Waals surface area contributed by atoms with Gasteiger partial charge in [-0.1, -0.05) is 4.49 Å². The zero-order valence-corrected chi connectivity index (χ0v) is 18.6. The molecule has 170 valence electrons. The molecule has 2 aliphatic heterocycles. The van der Waals surface area contributed by atoms with Crippen LogP contribution in [0.3, 0.4) is 0 Å². The average molecular weight is 468 g/mol. The summed E-state index contributed by atoms with van der Waals surface area (Å²) >= 11 is 1.29. The summed E-state index contributed by atoms with van der Waals surface area (Å²) in [5.74, 6) is -0.570. The number of aromatic nitrogens is 5. The highest BCUT2D eigenvalue weighted by molar-refractivity contribution is 7.12. The molecule has 0 unspecified atom stereocenters. The number of rotatable bonds is 5. The molecular formula is C22H22FN7O2S. The van der Waals surface area contributed by atoms with Crippen LogP contribution in [-0.4, -0.2) is 59.8 Å². The van der Waals surface area contributed by atoms with Gasteiger partial charge in [-0.25, -0.2) is 9.37 Å². The molecule has 0 saturated carbocycles. The molecular weight excluding hydrogens is 445 g/mol. The molecule has 2 aliphatic rings. The van der Waals surface area contributed by atoms with Crippen LogP contribution >= 0.6 is 11.5 Å². The van der Waals surface area contributed by atoms with Crippen LogP contribution in [0.25, 0.3) is 21.4 Å². The van der Waals surface area contributed by atoms with E-state index < -0.39 is 11.4 Å². The van der Waals surface area contributed by atoms with Gasteiger partial charge in [0, 0.05) is 42.9 Å². The van der Waals surface area contributed by atoms with Crippen molar-refractivity contribution in [1.29, 1.82) is 0 Å². The van der Waals surface area contributed by atoms with Gasteiger partial charge < -0.3 is 15.0 Å². The first-order valence-corrected chi connectivity index (χ1v) is 11.7. The normalized spacial score (nSPS) is 21.4. The second-order valence-electron chi connectivity index (χ2n) is 8.88. The summed E-state index contributed by atoms with van der Waals surface area (Å²) in [5.41, 5.74) is 1.28. The maximum atomic E-state index is 14.8. The van der Waals surface area contributed by atoms with Gasteiger partial charge in [0.1, 0.15) is 16.9 Å². The number of hydrogen-bond donors (Lipinski definition) is 2. The summed E-state index contributed by atoms with van der Waals surface area (Å²) < 4.78 is 20.1. The number of nitrogens with zero attached hydrogens (tertiary/aromatic N) is 6. The molecule has 1 atom stereocenters. The highest BCUT2D eigenvalue weighted by Gasteiger charge is 2.43. The standard InChI is InChI=1S/C22H22FN7O2S/c23-15-10-25-16-1-2-18(31)30-12-22(32,19(15)20(16)30)11-29-5-3-14(4-6-29)24-8-13-7-17-21(26-9-13)33-28-27-17/h1-2,7,9-10,14,24,32H,3-6,8,11-12H2/t22-/m0/s1. The second kappa shape index (κ2) is 7.87. The van der Waals surface area contributed by atoms with Gasteiger partial charge in [-0.2, -0.15) is 0 Å². The van der Waals surface area contributed by atoms with E-state index in [-0.39, 0.29) is 24.2 Å². The molecule has 4 aromatic heterocycles. The van der Waals surface area contributed by atoms with E-state index in [1.165, 1.54) is 22.2 Å². The minimum absolute atomic E-state index is 0.0419. The lowest BCUT2D eigenvalue weighted by molar-refractivity contribution is -0.0159. The third-order valence-corrected chi connectivity index (χ3v) is 7.32. The molecule has 0 amide bonds. The lowest BCUT2D eigenvalue weighted by Gasteiger charge is -2.37. The molecule has 0 spiro atoms. The van der Waals surface area contributed by atoms with E-state index in [1.807, 2.05) is 12.3 Å². The third-order valence-electron chi connectivity index (χ3n) is 6.67. The molecule has 11 heteroatoms. The van der Waals surface area contributed by atoms with Gasteiger partial charge in [0.2, 0.25) is 0 Å². The smallest absolute Gasteiger partial charge is 0.251 e. The first-order valence-electron chi connectivity index (χ1n) is 10.9. The quantitative estimate of drug-likeness (QED) is 0.453. The van der Waals surface area contributed by atoms with E-state index in [0.717, 1.165) is 48.0 Å². The highest BCUT2D eigenvalue weighted by Crippen LogP contribution is 2.37. The maximum absolute atomic E-state index is 14.8. The van der Waals surface area contributed by atoms with Crippen molar-refractivity contribution >= 4 is 32.9 Å². The average Bonchev–Trinajstić information content (AvgIpc) is 3.40. The fourth-order valence-corrected chi connectivity index (χ4v) is 5.56. The van der Waals surface area contributed by atoms with Crippen LogP contribution in [0.4, 0.5) is 4.39 Å². The van der Waals surface area contributed by atoms with Crippen molar-refractivity contribution in [2.24, 2.45) is 0 Å². The van der Waals surface area contributed by atoms with Crippen LogP contribution in [0.2, 0.25) is 0 Å². The molecule has 0 bridgehead atoms. The van der Waals surface area contributed by atoms with Gasteiger partial charge in [-0.05, 0) is 43.6 Å². The van der Waals surface area contributed by atoms with Crippen molar-refractivity contribution in [3.8, 4) is 0 Å². The van der Waals surface area contributed by atoms with E-state index in [9.17, 15) is 14.3 Å². The van der Waals surface area contributed by atoms with Crippen LogP contribution in [0, 0.1) is 5.82 Å². The van der Waals surface area contributed by atoms with Gasteiger partial charge in [0.15, 0.2) is 4.83 Å². The second-order valence-corrected chi connectivity index (χ2v) is 9.61. The van der Waals surface area contributed by atoms with E-state index in [2.05, 4.69) is 29.8 Å². The Bertz CT molecular complexity index is 1420. The van der Waals surface area contributed by atoms with Crippen LogP contribution in [-0.2, 0) is 18.7 Å². The molecule has 6 rings (SSSR count). The first kappa shape index (κ1) is 20.7. The Morgan fingerprint density at radius 2 is 2.06 bits per heavy atom. The van der Waals surface area contributed by atoms with Crippen LogP contribution in [0.15, 0.2) is 35.4 Å². The summed E-state index contributed by atoms with van der Waals surface area (Å²) in [7, 11) is 0. The predicted octanol–water partition coefficient (Wildman–Crippen LogP) is 1.39. The van der Waals surface area contributed by atoms with Gasteiger partial charge in [0.05, 0.1) is 29.3 Å². The highest BCUT2D eigenvalue weighted by atomic mass is 32.1. The number of fused-ring (bicyclic) bond motifs is 1. The number of likely N-dealkylation sites (tertiary alicyclic amines) is 1. The molecule has 1 fully saturated rings. The Morgan fingerprint density at radius 1 is 1.21 bits per heavy atom. The molecule has 9 nitrogen and oxygen atoms in total. The van der Waals surface area contributed by atoms with Crippen molar-refractivity contribution in [1.82, 2.24) is 34.3 Å². The SMILES string of the molecule is O=c1ccc2ncc(F)c3c2n1C[C@@]3(O)CN1CCC(NCc2cnc3snnc3c2)CC1. The van der Waals surface area contributed by atoms with Crippen molar-refractivity contribution in [2.75, 3.05) is 19.6 Å². The van der Waals surface area contributed by atoms with Crippen molar-refractivity contribution < 1.29 is 9.50 Å². The van der Waals surface area contributed by atoms with Crippen molar-refractivity contribution in [3.05, 3.63) is 57.9 Å². The Labute approximate surface area is 192 Å². The van der Waals surface area contributed by atoms with Gasteiger partial charge in [-0.15, -0.1) is 5.10 Å². The number of hydrogen-bond acceptors (Lipinski definition) is 9. The van der Waals surface area contributed by atoms with Gasteiger partial charge in [0.25, 0.3) is 5.56 Å². The molecule has 33 heavy (non-hydrogen) atoms.